The second-order valence-electron chi connectivity index (χ2n) is 3.53. The van der Waals surface area contributed by atoms with Gasteiger partial charge in [-0.1, -0.05) is 0 Å². The molecule has 0 radical (unpaired) electrons. The third kappa shape index (κ3) is 3.83. The van der Waals surface area contributed by atoms with Gasteiger partial charge < -0.3 is 16.0 Å². The Balaban J connectivity index is 2.59. The zero-order chi connectivity index (χ0) is 13.5. The summed E-state index contributed by atoms with van der Waals surface area (Å²) in [5.41, 5.74) is 0. The highest BCUT2D eigenvalue weighted by molar-refractivity contribution is 5.76. The summed E-state index contributed by atoms with van der Waals surface area (Å²) in [5.74, 6) is -1.81. The molecule has 0 spiro atoms. The summed E-state index contributed by atoms with van der Waals surface area (Å²) in [4.78, 5) is 14.9. The topological polar surface area (TPSA) is 66.0 Å². The van der Waals surface area contributed by atoms with E-state index in [9.17, 15) is 13.6 Å². The van der Waals surface area contributed by atoms with E-state index in [-0.39, 0.29) is 30.5 Å². The fraction of sp³-hybridized carbons (Fsp3) is 0.455. The molecule has 0 saturated carbocycles. The van der Waals surface area contributed by atoms with Crippen LogP contribution in [-0.2, 0) is 4.79 Å². The lowest BCUT2D eigenvalue weighted by atomic mass is 10.3. The molecule has 0 saturated heterocycles. The minimum atomic E-state index is -0.789. The van der Waals surface area contributed by atoms with Gasteiger partial charge in [-0.15, -0.1) is 0 Å². The van der Waals surface area contributed by atoms with Crippen LogP contribution in [-0.4, -0.2) is 31.0 Å². The molecule has 100 valence electrons. The Morgan fingerprint density at radius 1 is 1.33 bits per heavy atom. The first-order valence-corrected chi connectivity index (χ1v) is 5.62. The monoisotopic (exact) mass is 258 g/mol. The highest BCUT2D eigenvalue weighted by Crippen LogP contribution is 2.18. The second kappa shape index (κ2) is 6.73. The van der Waals surface area contributed by atoms with Crippen molar-refractivity contribution in [3.8, 4) is 0 Å². The summed E-state index contributed by atoms with van der Waals surface area (Å²) in [5, 5.41) is 7.77. The van der Waals surface area contributed by atoms with Crippen LogP contribution in [0.4, 0.5) is 20.4 Å². The third-order valence-corrected chi connectivity index (χ3v) is 2.18. The van der Waals surface area contributed by atoms with Crippen LogP contribution >= 0.6 is 0 Å². The van der Waals surface area contributed by atoms with E-state index in [1.165, 1.54) is 7.05 Å². The van der Waals surface area contributed by atoms with Crippen LogP contribution < -0.4 is 16.0 Å². The lowest BCUT2D eigenvalue weighted by Crippen LogP contribution is -2.25. The van der Waals surface area contributed by atoms with Crippen LogP contribution in [0.5, 0.6) is 0 Å². The van der Waals surface area contributed by atoms with Crippen molar-refractivity contribution in [1.82, 2.24) is 10.3 Å². The maximum Gasteiger partial charge on any atom is 0.221 e. The van der Waals surface area contributed by atoms with Gasteiger partial charge in [-0.2, -0.15) is 0 Å². The van der Waals surface area contributed by atoms with Crippen LogP contribution in [0.15, 0.2) is 6.07 Å². The van der Waals surface area contributed by atoms with Gasteiger partial charge in [0.05, 0.1) is 0 Å². The first kappa shape index (κ1) is 14.1. The number of nitrogens with one attached hydrogen (secondary N) is 3. The van der Waals surface area contributed by atoms with Gasteiger partial charge in [-0.25, -0.2) is 13.8 Å². The molecule has 0 aliphatic carbocycles. The van der Waals surface area contributed by atoms with Gasteiger partial charge in [-0.05, 0) is 6.92 Å². The first-order chi connectivity index (χ1) is 8.58. The lowest BCUT2D eigenvalue weighted by Gasteiger charge is -2.09. The van der Waals surface area contributed by atoms with Gasteiger partial charge in [0.1, 0.15) is 0 Å². The molecule has 5 nitrogen and oxygen atoms in total. The molecule has 0 bridgehead atoms. The maximum absolute atomic E-state index is 13.3. The predicted molar refractivity (Wildman–Crippen MR) is 65.5 cm³/mol. The van der Waals surface area contributed by atoms with E-state index >= 15 is 0 Å². The van der Waals surface area contributed by atoms with Crippen molar-refractivity contribution in [1.29, 1.82) is 0 Å². The summed E-state index contributed by atoms with van der Waals surface area (Å²) in [7, 11) is 1.49. The van der Waals surface area contributed by atoms with E-state index in [0.29, 0.717) is 6.54 Å². The molecule has 1 aromatic heterocycles. The number of hydrogen-bond donors (Lipinski definition) is 3. The summed E-state index contributed by atoms with van der Waals surface area (Å²) >= 11 is 0. The van der Waals surface area contributed by atoms with Crippen LogP contribution in [0.25, 0.3) is 0 Å². The van der Waals surface area contributed by atoms with Gasteiger partial charge in [0.2, 0.25) is 5.91 Å². The molecule has 1 rings (SSSR count). The number of pyridine rings is 1. The van der Waals surface area contributed by atoms with E-state index in [0.717, 1.165) is 6.07 Å². The van der Waals surface area contributed by atoms with Crippen molar-refractivity contribution >= 4 is 17.5 Å². The zero-order valence-electron chi connectivity index (χ0n) is 10.3. The second-order valence-corrected chi connectivity index (χ2v) is 3.53. The molecular formula is C11H16F2N4O. The fourth-order valence-corrected chi connectivity index (χ4v) is 1.35. The minimum Gasteiger partial charge on any atom is -0.371 e. The SMILES string of the molecule is CCNC(=O)CCNc1nc(NC)c(F)cc1F. The van der Waals surface area contributed by atoms with E-state index in [4.69, 9.17) is 0 Å². The highest BCUT2D eigenvalue weighted by atomic mass is 19.1. The summed E-state index contributed by atoms with van der Waals surface area (Å²) in [6, 6.07) is 0.743. The average molecular weight is 258 g/mol. The summed E-state index contributed by atoms with van der Waals surface area (Å²) in [6.07, 6.45) is 0.196. The molecule has 0 atom stereocenters. The number of carbonyl (C=O) groups excluding carboxylic acids is 1. The molecule has 0 aliphatic heterocycles. The highest BCUT2D eigenvalue weighted by Gasteiger charge is 2.10. The van der Waals surface area contributed by atoms with Crippen molar-refractivity contribution in [3.63, 3.8) is 0 Å². The Morgan fingerprint density at radius 3 is 2.61 bits per heavy atom. The van der Waals surface area contributed by atoms with Crippen molar-refractivity contribution in [2.45, 2.75) is 13.3 Å². The van der Waals surface area contributed by atoms with Crippen LogP contribution in [0.1, 0.15) is 13.3 Å². The molecule has 0 unspecified atom stereocenters. The Bertz CT molecular complexity index is 426. The Hall–Kier alpha value is -1.92. The molecule has 18 heavy (non-hydrogen) atoms. The molecule has 3 N–H and O–H groups in total. The van der Waals surface area contributed by atoms with Gasteiger partial charge in [0, 0.05) is 32.6 Å². The van der Waals surface area contributed by atoms with E-state index in [2.05, 4.69) is 20.9 Å². The molecule has 1 amide bonds. The quantitative estimate of drug-likeness (QED) is 0.720. The Labute approximate surface area is 104 Å². The molecule has 1 aromatic rings. The van der Waals surface area contributed by atoms with Gasteiger partial charge >= 0.3 is 0 Å². The van der Waals surface area contributed by atoms with Crippen molar-refractivity contribution < 1.29 is 13.6 Å². The third-order valence-electron chi connectivity index (χ3n) is 2.18. The Kier molecular flexibility index (Phi) is 5.29. The van der Waals surface area contributed by atoms with E-state index in [1.807, 2.05) is 6.92 Å². The normalized spacial score (nSPS) is 10.0. The summed E-state index contributed by atoms with van der Waals surface area (Å²) < 4.78 is 26.5. The van der Waals surface area contributed by atoms with E-state index < -0.39 is 11.6 Å². The Morgan fingerprint density at radius 2 is 2.00 bits per heavy atom. The van der Waals surface area contributed by atoms with Gasteiger partial charge in [0.25, 0.3) is 0 Å². The number of nitrogens with zero attached hydrogens (tertiary/aromatic N) is 1. The zero-order valence-corrected chi connectivity index (χ0v) is 10.3. The molecule has 0 aromatic carbocycles. The largest absolute Gasteiger partial charge is 0.371 e. The molecule has 7 heteroatoms. The number of halogens is 2. The number of hydrogen-bond acceptors (Lipinski definition) is 4. The fourth-order valence-electron chi connectivity index (χ4n) is 1.35. The molecule has 0 aliphatic rings. The smallest absolute Gasteiger partial charge is 0.221 e. The molecular weight excluding hydrogens is 242 g/mol. The first-order valence-electron chi connectivity index (χ1n) is 5.62. The number of rotatable bonds is 6. The number of aromatic nitrogens is 1. The van der Waals surface area contributed by atoms with Crippen LogP contribution in [0.2, 0.25) is 0 Å². The van der Waals surface area contributed by atoms with Crippen molar-refractivity contribution in [2.24, 2.45) is 0 Å². The number of amides is 1. The minimum absolute atomic E-state index is 0.0445. The van der Waals surface area contributed by atoms with Crippen molar-refractivity contribution in [2.75, 3.05) is 30.8 Å². The van der Waals surface area contributed by atoms with Gasteiger partial charge in [0.15, 0.2) is 23.3 Å². The lowest BCUT2D eigenvalue weighted by molar-refractivity contribution is -0.120. The summed E-state index contributed by atoms with van der Waals surface area (Å²) in [6.45, 7) is 2.59. The standard InChI is InChI=1S/C11H16F2N4O/c1-3-15-9(18)4-5-16-11-8(13)6-7(12)10(14-2)17-11/h6H,3-5H2,1-2H3,(H,15,18)(H2,14,16,17). The predicted octanol–water partition coefficient (Wildman–Crippen LogP) is 1.34. The van der Waals surface area contributed by atoms with Crippen molar-refractivity contribution in [3.05, 3.63) is 17.7 Å². The molecule has 0 fully saturated rings. The number of carbonyl (C=O) groups is 1. The molecule has 1 heterocycles. The van der Waals surface area contributed by atoms with Gasteiger partial charge in [-0.3, -0.25) is 4.79 Å². The maximum atomic E-state index is 13.3. The van der Waals surface area contributed by atoms with E-state index in [1.54, 1.807) is 0 Å². The number of anilines is 2. The van der Waals surface area contributed by atoms with Crippen LogP contribution in [0.3, 0.4) is 0 Å². The average Bonchev–Trinajstić information content (AvgIpc) is 2.32. The van der Waals surface area contributed by atoms with Crippen LogP contribution in [0, 0.1) is 11.6 Å².